The molecule has 0 saturated heterocycles. The summed E-state index contributed by atoms with van der Waals surface area (Å²) in [6, 6.07) is 0. The van der Waals surface area contributed by atoms with Gasteiger partial charge >= 0.3 is 0 Å². The Bertz CT molecular complexity index is 138. The Balaban J connectivity index is 3.37. The molecule has 0 N–H and O–H groups in total. The maximum Gasteiger partial charge on any atom is 0.140 e. The van der Waals surface area contributed by atoms with Crippen LogP contribution < -0.4 is 0 Å². The Morgan fingerprint density at radius 2 is 1.92 bits per heavy atom. The lowest BCUT2D eigenvalue weighted by Gasteiger charge is -2.31. The van der Waals surface area contributed by atoms with E-state index < -0.39 is 0 Å². The first kappa shape index (κ1) is 12.8. The van der Waals surface area contributed by atoms with Crippen molar-refractivity contribution in [3.8, 4) is 0 Å². The molecule has 13 heavy (non-hydrogen) atoms. The highest BCUT2D eigenvalue weighted by Crippen LogP contribution is 2.11. The van der Waals surface area contributed by atoms with Crippen molar-refractivity contribution in [2.24, 2.45) is 0 Å². The zero-order valence-corrected chi connectivity index (χ0v) is 9.64. The van der Waals surface area contributed by atoms with Crippen molar-refractivity contribution in [1.29, 1.82) is 0 Å². The Hall–Kier alpha value is -0.235. The zero-order chi connectivity index (χ0) is 10.3. The maximum absolute atomic E-state index is 3.67. The topological polar surface area (TPSA) is 3.24 Å². The number of unbranched alkanes of at least 4 members (excludes halogenated alkanes) is 1. The van der Waals surface area contributed by atoms with Crippen LogP contribution in [0.2, 0.25) is 6.32 Å². The second-order valence-corrected chi connectivity index (χ2v) is 4.56. The molecule has 75 valence electrons. The largest absolute Gasteiger partial charge is 0.302 e. The quantitative estimate of drug-likeness (QED) is 0.448. The average Bonchev–Trinajstić information content (AvgIpc) is 2.02. The van der Waals surface area contributed by atoms with Crippen molar-refractivity contribution in [2.75, 3.05) is 13.6 Å². The molecule has 0 spiro atoms. The highest BCUT2D eigenvalue weighted by atomic mass is 15.1. The summed E-state index contributed by atoms with van der Waals surface area (Å²) < 4.78 is 0. The molecule has 0 aromatic rings. The summed E-state index contributed by atoms with van der Waals surface area (Å²) in [5.74, 6) is 1.88. The van der Waals surface area contributed by atoms with Crippen LogP contribution in [0.15, 0.2) is 12.6 Å². The predicted molar refractivity (Wildman–Crippen MR) is 62.4 cm³/mol. The predicted octanol–water partition coefficient (Wildman–Crippen LogP) is 2.76. The van der Waals surface area contributed by atoms with Gasteiger partial charge in [-0.2, -0.15) is 0 Å². The Labute approximate surface area is 84.4 Å². The van der Waals surface area contributed by atoms with Crippen LogP contribution in [0.1, 0.15) is 33.6 Å². The van der Waals surface area contributed by atoms with Crippen LogP contribution in [-0.4, -0.2) is 31.3 Å². The molecule has 0 fully saturated rings. The summed E-state index contributed by atoms with van der Waals surface area (Å²) in [6.45, 7) is 11.6. The van der Waals surface area contributed by atoms with Crippen LogP contribution in [0.25, 0.3) is 0 Å². The summed E-state index contributed by atoms with van der Waals surface area (Å²) in [7, 11) is 4.33. The van der Waals surface area contributed by atoms with Gasteiger partial charge < -0.3 is 4.90 Å². The molecule has 0 atom stereocenters. The van der Waals surface area contributed by atoms with Crippen molar-refractivity contribution in [2.45, 2.75) is 45.5 Å². The fraction of sp³-hybridized carbons (Fsp3) is 0.818. The average molecular weight is 180 g/mol. The maximum atomic E-state index is 3.67. The van der Waals surface area contributed by atoms with Crippen molar-refractivity contribution in [3.05, 3.63) is 12.6 Å². The molecule has 0 aromatic heterocycles. The molecule has 0 aliphatic heterocycles. The highest BCUT2D eigenvalue weighted by molar-refractivity contribution is 6.41. The van der Waals surface area contributed by atoms with Crippen molar-refractivity contribution in [1.82, 2.24) is 4.90 Å². The molecular formula is C11H23BN. The third kappa shape index (κ3) is 6.88. The van der Waals surface area contributed by atoms with Gasteiger partial charge in [0.05, 0.1) is 0 Å². The van der Waals surface area contributed by atoms with E-state index >= 15 is 0 Å². The van der Waals surface area contributed by atoms with E-state index in [0.29, 0.717) is 5.54 Å². The standard InChI is InChI=1S/C11H23BN/c1-6-12-9-7-8-10-13(5)11(2,3)4/h6H,1,7-10H2,2-5H3. The summed E-state index contributed by atoms with van der Waals surface area (Å²) in [5.41, 5.74) is 0.308. The lowest BCUT2D eigenvalue weighted by molar-refractivity contribution is 0.173. The summed E-state index contributed by atoms with van der Waals surface area (Å²) in [6.07, 6.45) is 3.71. The number of hydrogen-bond acceptors (Lipinski definition) is 1. The minimum absolute atomic E-state index is 0.308. The lowest BCUT2D eigenvalue weighted by atomic mass is 9.74. The minimum Gasteiger partial charge on any atom is -0.302 e. The van der Waals surface area contributed by atoms with Gasteiger partial charge in [0.15, 0.2) is 0 Å². The van der Waals surface area contributed by atoms with Crippen LogP contribution in [-0.2, 0) is 0 Å². The molecule has 0 bridgehead atoms. The normalized spacial score (nSPS) is 11.8. The molecule has 0 aliphatic rings. The van der Waals surface area contributed by atoms with Gasteiger partial charge in [0.25, 0.3) is 0 Å². The Kier molecular flexibility index (Phi) is 6.14. The van der Waals surface area contributed by atoms with Gasteiger partial charge in [-0.05, 0) is 40.8 Å². The number of rotatable bonds is 6. The first-order valence-corrected chi connectivity index (χ1v) is 5.14. The van der Waals surface area contributed by atoms with Gasteiger partial charge in [-0.25, -0.2) is 0 Å². The Morgan fingerprint density at radius 3 is 2.38 bits per heavy atom. The molecule has 0 heterocycles. The third-order valence-electron chi connectivity index (χ3n) is 2.43. The molecule has 0 rings (SSSR count). The van der Waals surface area contributed by atoms with E-state index in [4.69, 9.17) is 0 Å². The van der Waals surface area contributed by atoms with Gasteiger partial charge in [0.2, 0.25) is 0 Å². The van der Waals surface area contributed by atoms with Gasteiger partial charge in [0, 0.05) is 5.54 Å². The first-order chi connectivity index (χ1) is 5.98. The summed E-state index contributed by atoms with van der Waals surface area (Å²) in [4.78, 5) is 2.40. The third-order valence-corrected chi connectivity index (χ3v) is 2.43. The van der Waals surface area contributed by atoms with Crippen LogP contribution >= 0.6 is 0 Å². The van der Waals surface area contributed by atoms with Crippen LogP contribution in [0.3, 0.4) is 0 Å². The van der Waals surface area contributed by atoms with Crippen molar-refractivity contribution < 1.29 is 0 Å². The summed E-state index contributed by atoms with van der Waals surface area (Å²) >= 11 is 0. The van der Waals surface area contributed by atoms with E-state index in [-0.39, 0.29) is 0 Å². The van der Waals surface area contributed by atoms with E-state index in [1.54, 1.807) is 0 Å². The second kappa shape index (κ2) is 6.25. The monoisotopic (exact) mass is 180 g/mol. The van der Waals surface area contributed by atoms with E-state index in [9.17, 15) is 0 Å². The molecule has 0 saturated carbocycles. The van der Waals surface area contributed by atoms with E-state index in [2.05, 4.69) is 46.6 Å². The molecule has 1 nitrogen and oxygen atoms in total. The molecule has 0 aromatic carbocycles. The molecular weight excluding hydrogens is 157 g/mol. The SMILES string of the molecule is C=C[B]CCCCN(C)C(C)(C)C. The molecule has 2 heteroatoms. The molecule has 0 unspecified atom stereocenters. The fourth-order valence-corrected chi connectivity index (χ4v) is 1.06. The van der Waals surface area contributed by atoms with Crippen molar-refractivity contribution >= 4 is 7.28 Å². The van der Waals surface area contributed by atoms with Crippen LogP contribution in [0.5, 0.6) is 0 Å². The molecule has 1 radical (unpaired) electrons. The van der Waals surface area contributed by atoms with E-state index in [1.165, 1.54) is 25.7 Å². The molecule has 0 amide bonds. The van der Waals surface area contributed by atoms with Crippen LogP contribution in [0, 0.1) is 0 Å². The minimum atomic E-state index is 0.308. The molecule has 0 aliphatic carbocycles. The van der Waals surface area contributed by atoms with Gasteiger partial charge in [-0.15, -0.1) is 12.6 Å². The Morgan fingerprint density at radius 1 is 1.31 bits per heavy atom. The smallest absolute Gasteiger partial charge is 0.140 e. The first-order valence-electron chi connectivity index (χ1n) is 5.14. The van der Waals surface area contributed by atoms with Crippen LogP contribution in [0.4, 0.5) is 0 Å². The van der Waals surface area contributed by atoms with Gasteiger partial charge in [-0.1, -0.05) is 12.7 Å². The number of nitrogens with zero attached hydrogens (tertiary/aromatic N) is 1. The van der Waals surface area contributed by atoms with Gasteiger partial charge in [0.1, 0.15) is 7.28 Å². The zero-order valence-electron chi connectivity index (χ0n) is 9.64. The van der Waals surface area contributed by atoms with Crippen molar-refractivity contribution in [3.63, 3.8) is 0 Å². The van der Waals surface area contributed by atoms with Gasteiger partial charge in [-0.3, -0.25) is 0 Å². The van der Waals surface area contributed by atoms with E-state index in [1.807, 2.05) is 5.98 Å². The number of hydrogen-bond donors (Lipinski definition) is 0. The lowest BCUT2D eigenvalue weighted by Crippen LogP contribution is -2.38. The second-order valence-electron chi connectivity index (χ2n) is 4.56. The van der Waals surface area contributed by atoms with E-state index in [0.717, 1.165) is 0 Å². The fourth-order valence-electron chi connectivity index (χ4n) is 1.06. The summed E-state index contributed by atoms with van der Waals surface area (Å²) in [5, 5.41) is 0. The highest BCUT2D eigenvalue weighted by Gasteiger charge is 2.15.